The van der Waals surface area contributed by atoms with Gasteiger partial charge in [-0.2, -0.15) is 0 Å². The Bertz CT molecular complexity index is 625. The molecule has 3 saturated heterocycles. The Morgan fingerprint density at radius 2 is 2.00 bits per heavy atom. The maximum atomic E-state index is 13.8. The molecule has 0 saturated carbocycles. The number of hydrogen-bond acceptors (Lipinski definition) is 4. The van der Waals surface area contributed by atoms with E-state index in [1.54, 1.807) is 6.07 Å². The third-order valence-electron chi connectivity index (χ3n) is 5.65. The summed E-state index contributed by atoms with van der Waals surface area (Å²) in [5, 5.41) is 1.47. The number of nitrogens with zero attached hydrogens (tertiary/aromatic N) is 2. The molecule has 0 aromatic heterocycles. The summed E-state index contributed by atoms with van der Waals surface area (Å²) in [5.74, 6) is -0.167. The summed E-state index contributed by atoms with van der Waals surface area (Å²) >= 11 is 0. The first-order chi connectivity index (χ1) is 12.2. The monoisotopic (exact) mass is 348 g/mol. The zero-order valence-electron chi connectivity index (χ0n) is 14.5. The number of halogens is 1. The molecule has 0 N–H and O–H groups in total. The molecule has 0 radical (unpaired) electrons. The lowest BCUT2D eigenvalue weighted by Gasteiger charge is -2.39. The number of carbonyl (C=O) groups is 1. The van der Waals surface area contributed by atoms with Crippen molar-refractivity contribution in [1.82, 2.24) is 9.96 Å². The minimum atomic E-state index is -0.365. The number of benzene rings is 1. The van der Waals surface area contributed by atoms with Crippen molar-refractivity contribution in [3.8, 4) is 0 Å². The van der Waals surface area contributed by atoms with Crippen molar-refractivity contribution in [2.75, 3.05) is 26.2 Å². The maximum absolute atomic E-state index is 13.8. The first kappa shape index (κ1) is 16.9. The van der Waals surface area contributed by atoms with E-state index in [1.807, 2.05) is 12.1 Å². The van der Waals surface area contributed by atoms with E-state index < -0.39 is 0 Å². The standard InChI is InChI=1S/C19H25FN2O3/c20-16-5-2-1-4-15(16)14-21-11-8-19(9-12-21)7-6-17(25-19)18(23)22-10-3-13-24-22/h1-2,4-5,17H,3,6-14H2. The molecule has 1 amide bonds. The fourth-order valence-electron chi connectivity index (χ4n) is 4.12. The molecule has 3 aliphatic heterocycles. The highest BCUT2D eigenvalue weighted by atomic mass is 19.1. The van der Waals surface area contributed by atoms with Crippen LogP contribution in [0.25, 0.3) is 0 Å². The van der Waals surface area contributed by atoms with Crippen molar-refractivity contribution >= 4 is 5.91 Å². The SMILES string of the molecule is O=C(C1CCC2(CCN(Cc3ccccc3F)CC2)O1)N1CCCO1. The van der Waals surface area contributed by atoms with Gasteiger partial charge < -0.3 is 4.74 Å². The molecular formula is C19H25FN2O3. The highest BCUT2D eigenvalue weighted by Crippen LogP contribution is 2.39. The van der Waals surface area contributed by atoms with Crippen molar-refractivity contribution in [3.05, 3.63) is 35.6 Å². The van der Waals surface area contributed by atoms with Gasteiger partial charge >= 0.3 is 0 Å². The molecule has 3 heterocycles. The Labute approximate surface area is 147 Å². The minimum Gasteiger partial charge on any atom is -0.362 e. The van der Waals surface area contributed by atoms with Gasteiger partial charge in [-0.15, -0.1) is 0 Å². The summed E-state index contributed by atoms with van der Waals surface area (Å²) in [6, 6.07) is 6.95. The summed E-state index contributed by atoms with van der Waals surface area (Å²) in [4.78, 5) is 20.1. The number of hydrogen-bond donors (Lipinski definition) is 0. The van der Waals surface area contributed by atoms with Crippen molar-refractivity contribution in [1.29, 1.82) is 0 Å². The number of piperidine rings is 1. The van der Waals surface area contributed by atoms with Crippen LogP contribution in [0.3, 0.4) is 0 Å². The van der Waals surface area contributed by atoms with Crippen LogP contribution in [0.2, 0.25) is 0 Å². The van der Waals surface area contributed by atoms with E-state index in [0.29, 0.717) is 19.7 Å². The molecule has 1 atom stereocenters. The molecule has 1 unspecified atom stereocenters. The Morgan fingerprint density at radius 3 is 2.72 bits per heavy atom. The molecule has 1 spiro atoms. The maximum Gasteiger partial charge on any atom is 0.275 e. The lowest BCUT2D eigenvalue weighted by atomic mass is 9.88. The number of rotatable bonds is 3. The van der Waals surface area contributed by atoms with E-state index in [-0.39, 0.29) is 23.4 Å². The summed E-state index contributed by atoms with van der Waals surface area (Å²) in [6.07, 6.45) is 4.01. The van der Waals surface area contributed by atoms with Gasteiger partial charge in [-0.3, -0.25) is 14.5 Å². The molecule has 136 valence electrons. The fraction of sp³-hybridized carbons (Fsp3) is 0.632. The quantitative estimate of drug-likeness (QED) is 0.842. The van der Waals surface area contributed by atoms with Crippen LogP contribution in [0.15, 0.2) is 24.3 Å². The minimum absolute atomic E-state index is 0.0249. The first-order valence-electron chi connectivity index (χ1n) is 9.23. The van der Waals surface area contributed by atoms with Crippen molar-refractivity contribution in [2.45, 2.75) is 50.4 Å². The van der Waals surface area contributed by atoms with Crippen LogP contribution in [0, 0.1) is 5.82 Å². The van der Waals surface area contributed by atoms with Gasteiger partial charge in [0.2, 0.25) is 0 Å². The van der Waals surface area contributed by atoms with Gasteiger partial charge in [0.1, 0.15) is 11.9 Å². The normalized spacial score (nSPS) is 26.4. The average Bonchev–Trinajstić information content (AvgIpc) is 3.29. The highest BCUT2D eigenvalue weighted by Gasteiger charge is 2.46. The van der Waals surface area contributed by atoms with E-state index in [2.05, 4.69) is 4.90 Å². The predicted octanol–water partition coefficient (Wildman–Crippen LogP) is 2.50. The molecule has 1 aromatic carbocycles. The summed E-state index contributed by atoms with van der Waals surface area (Å²) in [6.45, 7) is 3.66. The molecule has 5 nitrogen and oxygen atoms in total. The average molecular weight is 348 g/mol. The molecule has 0 bridgehead atoms. The van der Waals surface area contributed by atoms with Crippen molar-refractivity contribution in [2.24, 2.45) is 0 Å². The third kappa shape index (κ3) is 3.57. The Balaban J connectivity index is 1.31. The van der Waals surface area contributed by atoms with E-state index in [0.717, 1.165) is 50.8 Å². The van der Waals surface area contributed by atoms with Gasteiger partial charge in [-0.25, -0.2) is 9.45 Å². The highest BCUT2D eigenvalue weighted by molar-refractivity contribution is 5.80. The predicted molar refractivity (Wildman–Crippen MR) is 90.0 cm³/mol. The topological polar surface area (TPSA) is 42.0 Å². The lowest BCUT2D eigenvalue weighted by Crippen LogP contribution is -2.45. The molecule has 4 rings (SSSR count). The number of amides is 1. The van der Waals surface area contributed by atoms with Gasteiger partial charge in [0.15, 0.2) is 0 Å². The second kappa shape index (κ2) is 7.02. The van der Waals surface area contributed by atoms with Gasteiger partial charge in [-0.05, 0) is 38.2 Å². The molecule has 6 heteroatoms. The molecule has 0 aliphatic carbocycles. The van der Waals surface area contributed by atoms with Gasteiger partial charge in [0.05, 0.1) is 18.8 Å². The van der Waals surface area contributed by atoms with Crippen LogP contribution >= 0.6 is 0 Å². The lowest BCUT2D eigenvalue weighted by molar-refractivity contribution is -0.185. The summed E-state index contributed by atoms with van der Waals surface area (Å²) in [5.41, 5.74) is 0.552. The summed E-state index contributed by atoms with van der Waals surface area (Å²) < 4.78 is 20.0. The Hall–Kier alpha value is -1.50. The van der Waals surface area contributed by atoms with E-state index in [4.69, 9.17) is 9.57 Å². The second-order valence-electron chi connectivity index (χ2n) is 7.32. The molecule has 1 aromatic rings. The van der Waals surface area contributed by atoms with Crippen molar-refractivity contribution in [3.63, 3.8) is 0 Å². The van der Waals surface area contributed by atoms with Crippen LogP contribution < -0.4 is 0 Å². The largest absolute Gasteiger partial charge is 0.362 e. The van der Waals surface area contributed by atoms with Crippen LogP contribution in [-0.2, 0) is 20.9 Å². The number of hydroxylamine groups is 2. The number of likely N-dealkylation sites (tertiary alicyclic amines) is 1. The van der Waals surface area contributed by atoms with Gasteiger partial charge in [-0.1, -0.05) is 18.2 Å². The van der Waals surface area contributed by atoms with Crippen LogP contribution in [0.1, 0.15) is 37.7 Å². The van der Waals surface area contributed by atoms with Crippen LogP contribution in [-0.4, -0.2) is 53.8 Å². The zero-order valence-corrected chi connectivity index (χ0v) is 14.5. The Kier molecular flexibility index (Phi) is 4.75. The van der Waals surface area contributed by atoms with E-state index in [9.17, 15) is 9.18 Å². The number of carbonyl (C=O) groups excluding carboxylic acids is 1. The van der Waals surface area contributed by atoms with Crippen molar-refractivity contribution < 1.29 is 18.8 Å². The summed E-state index contributed by atoms with van der Waals surface area (Å²) in [7, 11) is 0. The van der Waals surface area contributed by atoms with Gasteiger partial charge in [0, 0.05) is 25.2 Å². The molecule has 3 fully saturated rings. The van der Waals surface area contributed by atoms with Crippen LogP contribution in [0.4, 0.5) is 4.39 Å². The van der Waals surface area contributed by atoms with E-state index in [1.165, 1.54) is 11.1 Å². The molecular weight excluding hydrogens is 323 g/mol. The smallest absolute Gasteiger partial charge is 0.275 e. The van der Waals surface area contributed by atoms with E-state index >= 15 is 0 Å². The zero-order chi connectivity index (χ0) is 17.3. The van der Waals surface area contributed by atoms with Crippen LogP contribution in [0.5, 0.6) is 0 Å². The Morgan fingerprint density at radius 1 is 1.20 bits per heavy atom. The second-order valence-corrected chi connectivity index (χ2v) is 7.32. The van der Waals surface area contributed by atoms with Gasteiger partial charge in [0.25, 0.3) is 5.91 Å². The number of ether oxygens (including phenoxy) is 1. The first-order valence-corrected chi connectivity index (χ1v) is 9.23. The molecule has 3 aliphatic rings. The molecule has 25 heavy (non-hydrogen) atoms. The fourth-order valence-corrected chi connectivity index (χ4v) is 4.12. The third-order valence-corrected chi connectivity index (χ3v) is 5.65.